The van der Waals surface area contributed by atoms with Crippen LogP contribution in [0.2, 0.25) is 0 Å². The van der Waals surface area contributed by atoms with Crippen LogP contribution < -0.4 is 15.5 Å². The molecule has 2 aromatic carbocycles. The Bertz CT molecular complexity index is 1330. The molecule has 0 radical (unpaired) electrons. The lowest BCUT2D eigenvalue weighted by Crippen LogP contribution is -2.72. The molecule has 2 aromatic rings. The Hall–Kier alpha value is -3.27. The van der Waals surface area contributed by atoms with E-state index in [1.54, 1.807) is 30.3 Å². The molecule has 7 aliphatic rings. The van der Waals surface area contributed by atoms with Crippen molar-refractivity contribution in [2.24, 2.45) is 17.8 Å². The first-order valence-electron chi connectivity index (χ1n) is 14.0. The summed E-state index contributed by atoms with van der Waals surface area (Å²) in [5.74, 6) is -0.981. The van der Waals surface area contributed by atoms with Crippen molar-refractivity contribution < 1.29 is 24.6 Å². The number of hydrogen-bond acceptors (Lipinski definition) is 7. The van der Waals surface area contributed by atoms with Gasteiger partial charge in [0, 0.05) is 42.1 Å². The Morgan fingerprint density at radius 3 is 2.31 bits per heavy atom. The average Bonchev–Trinajstić information content (AvgIpc) is 3.31. The van der Waals surface area contributed by atoms with Crippen molar-refractivity contribution in [1.29, 1.82) is 0 Å². The van der Waals surface area contributed by atoms with Gasteiger partial charge in [0.15, 0.2) is 0 Å². The first kappa shape index (κ1) is 24.7. The molecule has 6 fully saturated rings. The van der Waals surface area contributed by atoms with Crippen molar-refractivity contribution in [3.8, 4) is 0 Å². The van der Waals surface area contributed by atoms with Crippen molar-refractivity contribution in [3.05, 3.63) is 65.7 Å². The topological polar surface area (TPSA) is 122 Å². The third kappa shape index (κ3) is 3.15. The molecule has 9 rings (SSSR count). The highest BCUT2D eigenvalue weighted by Crippen LogP contribution is 2.68. The molecule has 1 saturated carbocycles. The lowest BCUT2D eigenvalue weighted by Gasteiger charge is -2.62. The third-order valence-corrected chi connectivity index (χ3v) is 10.6. The number of benzene rings is 2. The van der Waals surface area contributed by atoms with Gasteiger partial charge >= 0.3 is 6.03 Å². The summed E-state index contributed by atoms with van der Waals surface area (Å²) < 4.78 is 0. The molecule has 10 atom stereocenters. The van der Waals surface area contributed by atoms with Gasteiger partial charge < -0.3 is 15.1 Å². The zero-order valence-electron chi connectivity index (χ0n) is 22.0. The molecule has 4 amide bonds. The number of amides is 4. The minimum Gasteiger partial charge on any atom is -0.392 e. The largest absolute Gasteiger partial charge is 0.392 e. The molecule has 9 nitrogen and oxygen atoms in total. The molecule has 5 saturated heterocycles. The number of aliphatic hydroxyl groups excluding tert-OH is 2. The van der Waals surface area contributed by atoms with Crippen LogP contribution in [0.4, 0.5) is 10.5 Å². The molecular weight excluding hydrogens is 496 g/mol. The predicted octanol–water partition coefficient (Wildman–Crippen LogP) is 1.69. The number of rotatable bonds is 2. The van der Waals surface area contributed by atoms with Crippen LogP contribution in [0.5, 0.6) is 0 Å². The summed E-state index contributed by atoms with van der Waals surface area (Å²) in [6.45, 7) is 2.19. The highest BCUT2D eigenvalue weighted by Gasteiger charge is 2.76. The third-order valence-electron chi connectivity index (χ3n) is 10.6. The number of para-hydroxylation sites is 1. The van der Waals surface area contributed by atoms with E-state index < -0.39 is 23.8 Å². The fourth-order valence-corrected chi connectivity index (χ4v) is 9.35. The fraction of sp³-hybridized carbons (Fsp3) is 0.500. The molecule has 39 heavy (non-hydrogen) atoms. The number of urea groups is 1. The van der Waals surface area contributed by atoms with Gasteiger partial charge in [0.05, 0.1) is 12.1 Å². The van der Waals surface area contributed by atoms with Gasteiger partial charge in [-0.2, -0.15) is 0 Å². The van der Waals surface area contributed by atoms with Gasteiger partial charge in [-0.1, -0.05) is 55.5 Å². The van der Waals surface area contributed by atoms with Crippen LogP contribution in [-0.4, -0.2) is 70.5 Å². The molecule has 9 heteroatoms. The minimum absolute atomic E-state index is 0.126. The average molecular weight is 531 g/mol. The van der Waals surface area contributed by atoms with E-state index >= 15 is 0 Å². The summed E-state index contributed by atoms with van der Waals surface area (Å²) in [7, 11) is 2.19. The number of carbonyl (C=O) groups excluding carboxylic acids is 3. The number of nitrogens with zero attached hydrogens (tertiary/aromatic N) is 2. The van der Waals surface area contributed by atoms with Crippen LogP contribution in [-0.2, 0) is 15.0 Å². The van der Waals surface area contributed by atoms with E-state index in [1.807, 2.05) is 10.6 Å². The Kier molecular flexibility index (Phi) is 5.47. The van der Waals surface area contributed by atoms with Gasteiger partial charge in [0.1, 0.15) is 12.1 Å². The van der Waals surface area contributed by atoms with Crippen LogP contribution >= 0.6 is 0 Å². The molecule has 6 heterocycles. The molecule has 6 aliphatic heterocycles. The first-order chi connectivity index (χ1) is 18.8. The highest BCUT2D eigenvalue weighted by molar-refractivity contribution is 6.19. The SMILES string of the molecule is CC[C@H]1C2C[C@H]3[C@@H]4N(C)c5ccccc5C45C[C@@H](C2[C@H]5O)N3[C@@H]1O.O=C1NC(=O)C(c2ccccc2)C(=O)N1. The second-order valence-corrected chi connectivity index (χ2v) is 12.0. The van der Waals surface area contributed by atoms with Crippen molar-refractivity contribution in [2.45, 2.75) is 68.0 Å². The van der Waals surface area contributed by atoms with E-state index in [0.717, 1.165) is 19.3 Å². The van der Waals surface area contributed by atoms with E-state index in [2.05, 4.69) is 48.0 Å². The maximum atomic E-state index is 11.6. The van der Waals surface area contributed by atoms with E-state index in [9.17, 15) is 24.6 Å². The van der Waals surface area contributed by atoms with Crippen LogP contribution in [0.25, 0.3) is 0 Å². The second kappa shape index (κ2) is 8.61. The van der Waals surface area contributed by atoms with E-state index in [4.69, 9.17) is 0 Å². The van der Waals surface area contributed by atoms with Gasteiger partial charge in [0.25, 0.3) is 0 Å². The number of carbonyl (C=O) groups is 3. The zero-order chi connectivity index (χ0) is 27.2. The van der Waals surface area contributed by atoms with Crippen LogP contribution in [0.1, 0.15) is 43.2 Å². The normalized spacial score (nSPS) is 41.0. The monoisotopic (exact) mass is 530 g/mol. The molecule has 1 aliphatic carbocycles. The molecular formula is C30H34N4O5. The minimum atomic E-state index is -0.941. The molecule has 4 unspecified atom stereocenters. The number of barbiturate groups is 1. The number of aliphatic hydroxyl groups is 2. The number of hydrogen-bond donors (Lipinski definition) is 4. The summed E-state index contributed by atoms with van der Waals surface area (Å²) in [4.78, 5) is 38.5. The van der Waals surface area contributed by atoms with Gasteiger partial charge in [0.2, 0.25) is 11.8 Å². The standard InChI is InChI=1S/C20H26N2O2.C10H8N2O3/c1-3-10-11-8-14-17-20(12-6-4-5-7-13(12)21(17)2)9-15(16(11)18(20)23)22(14)19(10)24;13-8-7(6-4-2-1-3-5-6)9(14)12-10(15)11-8/h4-7,10-11,14-19,23-24H,3,8-9H2,1-2H3;1-5,7H,(H2,11,12,13,14,15)/t10-,11?,14-,15-,16?,17-,18+,19+,20?;/m0./s1. The number of piperidine rings is 4. The van der Waals surface area contributed by atoms with Crippen molar-refractivity contribution >= 4 is 23.5 Å². The number of likely N-dealkylation sites (N-methyl/N-ethyl adjacent to an activating group) is 1. The Labute approximate surface area is 227 Å². The number of fused-ring (bicyclic) bond motifs is 2. The fourth-order valence-electron chi connectivity index (χ4n) is 9.35. The lowest BCUT2D eigenvalue weighted by molar-refractivity contribution is -0.211. The lowest BCUT2D eigenvalue weighted by atomic mass is 9.62. The van der Waals surface area contributed by atoms with Crippen molar-refractivity contribution in [1.82, 2.24) is 15.5 Å². The van der Waals surface area contributed by atoms with E-state index in [0.29, 0.717) is 41.4 Å². The van der Waals surface area contributed by atoms with E-state index in [1.165, 1.54) is 11.3 Å². The summed E-state index contributed by atoms with van der Waals surface area (Å²) in [5, 5.41) is 26.7. The zero-order valence-corrected chi connectivity index (χ0v) is 22.0. The summed E-state index contributed by atoms with van der Waals surface area (Å²) in [6, 6.07) is 17.5. The smallest absolute Gasteiger partial charge is 0.328 e. The Morgan fingerprint density at radius 2 is 1.62 bits per heavy atom. The first-order valence-corrected chi connectivity index (χ1v) is 14.0. The van der Waals surface area contributed by atoms with Crippen LogP contribution in [0.3, 0.4) is 0 Å². The summed E-state index contributed by atoms with van der Waals surface area (Å²) in [5.41, 5.74) is 3.08. The maximum Gasteiger partial charge on any atom is 0.328 e. The van der Waals surface area contributed by atoms with Crippen molar-refractivity contribution in [3.63, 3.8) is 0 Å². The number of nitrogens with one attached hydrogen (secondary N) is 2. The molecule has 1 spiro atoms. The van der Waals surface area contributed by atoms with Gasteiger partial charge in [-0.3, -0.25) is 25.1 Å². The Morgan fingerprint density at radius 1 is 0.949 bits per heavy atom. The van der Waals surface area contributed by atoms with Gasteiger partial charge in [-0.05, 0) is 42.4 Å². The quantitative estimate of drug-likeness (QED) is 0.436. The molecule has 0 aromatic heterocycles. The number of anilines is 1. The molecule has 4 N–H and O–H groups in total. The van der Waals surface area contributed by atoms with Crippen molar-refractivity contribution in [2.75, 3.05) is 11.9 Å². The van der Waals surface area contributed by atoms with Crippen LogP contribution in [0, 0.1) is 17.8 Å². The predicted molar refractivity (Wildman–Crippen MR) is 143 cm³/mol. The van der Waals surface area contributed by atoms with Gasteiger partial charge in [-0.25, -0.2) is 4.79 Å². The summed E-state index contributed by atoms with van der Waals surface area (Å²) in [6.07, 6.45) is 2.56. The highest BCUT2D eigenvalue weighted by atomic mass is 16.3. The molecule has 204 valence electrons. The number of imide groups is 2. The van der Waals surface area contributed by atoms with E-state index in [-0.39, 0.29) is 17.7 Å². The summed E-state index contributed by atoms with van der Waals surface area (Å²) >= 11 is 0. The van der Waals surface area contributed by atoms with Crippen LogP contribution in [0.15, 0.2) is 54.6 Å². The van der Waals surface area contributed by atoms with Gasteiger partial charge in [-0.15, -0.1) is 0 Å². The maximum absolute atomic E-state index is 11.6. The second-order valence-electron chi connectivity index (χ2n) is 12.0. The Balaban J connectivity index is 0.000000146. The molecule has 5 bridgehead atoms.